The van der Waals surface area contributed by atoms with Gasteiger partial charge in [0, 0.05) is 11.6 Å². The molecule has 0 fully saturated rings. The third-order valence-electron chi connectivity index (χ3n) is 3.66. The summed E-state index contributed by atoms with van der Waals surface area (Å²) in [6.07, 6.45) is 1.41. The number of fused-ring (bicyclic) bond motifs is 3. The fourth-order valence-electron chi connectivity index (χ4n) is 2.51. The number of rotatable bonds is 2. The van der Waals surface area contributed by atoms with E-state index in [2.05, 4.69) is 10.1 Å². The highest BCUT2D eigenvalue weighted by Gasteiger charge is 2.15. The fraction of sp³-hybridized carbons (Fsp3) is 0. The minimum atomic E-state index is -0.639. The number of pyridine rings is 1. The van der Waals surface area contributed by atoms with Crippen molar-refractivity contribution in [2.24, 2.45) is 0 Å². The van der Waals surface area contributed by atoms with Gasteiger partial charge in [0.2, 0.25) is 0 Å². The zero-order chi connectivity index (χ0) is 16.7. The summed E-state index contributed by atoms with van der Waals surface area (Å²) in [6.45, 7) is 0. The van der Waals surface area contributed by atoms with Crippen LogP contribution in [0.25, 0.3) is 21.8 Å². The lowest BCUT2D eigenvalue weighted by molar-refractivity contribution is 0.0380. The van der Waals surface area contributed by atoms with Crippen LogP contribution < -0.4 is 10.4 Å². The average Bonchev–Trinajstić information content (AvgIpc) is 2.92. The molecule has 0 aliphatic carbocycles. The Bertz CT molecular complexity index is 1130. The first kappa shape index (κ1) is 14.5. The van der Waals surface area contributed by atoms with Crippen molar-refractivity contribution < 1.29 is 9.63 Å². The van der Waals surface area contributed by atoms with Gasteiger partial charge in [-0.05, 0) is 18.2 Å². The van der Waals surface area contributed by atoms with Gasteiger partial charge >= 0.3 is 11.5 Å². The van der Waals surface area contributed by atoms with Gasteiger partial charge in [0.25, 0.3) is 0 Å². The molecule has 0 unspecified atom stereocenters. The first-order chi connectivity index (χ1) is 11.6. The number of nitrogens with zero attached hydrogens (tertiary/aromatic N) is 2. The maximum absolute atomic E-state index is 12.4. The molecule has 0 amide bonds. The summed E-state index contributed by atoms with van der Waals surface area (Å²) in [7, 11) is 0. The van der Waals surface area contributed by atoms with E-state index in [0.717, 1.165) is 4.85 Å². The minimum absolute atomic E-state index is 0.311. The van der Waals surface area contributed by atoms with E-state index < -0.39 is 11.5 Å². The van der Waals surface area contributed by atoms with Crippen molar-refractivity contribution in [2.75, 3.05) is 0 Å². The molecule has 6 nitrogen and oxygen atoms in total. The van der Waals surface area contributed by atoms with Crippen LogP contribution in [0, 0.1) is 0 Å². The van der Waals surface area contributed by atoms with Gasteiger partial charge in [-0.1, -0.05) is 46.8 Å². The zero-order valence-corrected chi connectivity index (χ0v) is 12.9. The number of hydrogen-bond donors (Lipinski definition) is 1. The summed E-state index contributed by atoms with van der Waals surface area (Å²) in [4.78, 5) is 34.7. The topological polar surface area (TPSA) is 77.0 Å². The predicted octanol–water partition coefficient (Wildman–Crippen LogP) is 2.80. The molecule has 4 rings (SSSR count). The van der Waals surface area contributed by atoms with Gasteiger partial charge < -0.3 is 4.84 Å². The monoisotopic (exact) mass is 339 g/mol. The number of para-hydroxylation sites is 1. The Balaban J connectivity index is 1.84. The van der Waals surface area contributed by atoms with Crippen LogP contribution >= 0.6 is 11.6 Å². The second-order valence-corrected chi connectivity index (χ2v) is 5.55. The van der Waals surface area contributed by atoms with Gasteiger partial charge in [-0.2, -0.15) is 0 Å². The number of benzene rings is 2. The molecule has 4 aromatic rings. The van der Waals surface area contributed by atoms with Crippen LogP contribution in [0.3, 0.4) is 0 Å². The summed E-state index contributed by atoms with van der Waals surface area (Å²) in [5.41, 5.74) is 0.917. The third kappa shape index (κ3) is 2.24. The number of hydrogen-bond acceptors (Lipinski definition) is 4. The molecule has 0 atom stereocenters. The van der Waals surface area contributed by atoms with Crippen LogP contribution in [0.5, 0.6) is 0 Å². The molecule has 0 saturated carbocycles. The second-order valence-electron chi connectivity index (χ2n) is 5.14. The molecule has 2 aromatic heterocycles. The quantitative estimate of drug-likeness (QED) is 0.609. The molecule has 24 heavy (non-hydrogen) atoms. The largest absolute Gasteiger partial charge is 0.365 e. The van der Waals surface area contributed by atoms with Crippen molar-refractivity contribution in [3.05, 3.63) is 75.7 Å². The van der Waals surface area contributed by atoms with Crippen molar-refractivity contribution in [1.82, 2.24) is 14.9 Å². The first-order valence-corrected chi connectivity index (χ1v) is 7.48. The van der Waals surface area contributed by atoms with E-state index in [-0.39, 0.29) is 0 Å². The predicted molar refractivity (Wildman–Crippen MR) is 90.2 cm³/mol. The molecule has 0 aliphatic heterocycles. The molecule has 2 heterocycles. The highest BCUT2D eigenvalue weighted by Crippen LogP contribution is 2.25. The van der Waals surface area contributed by atoms with E-state index in [0.29, 0.717) is 32.4 Å². The zero-order valence-electron chi connectivity index (χ0n) is 12.2. The van der Waals surface area contributed by atoms with Crippen LogP contribution in [0.1, 0.15) is 10.4 Å². The molecular weight excluding hydrogens is 330 g/mol. The summed E-state index contributed by atoms with van der Waals surface area (Å²) in [5, 5.41) is 4.26. The van der Waals surface area contributed by atoms with Gasteiger partial charge in [0.05, 0.1) is 27.0 Å². The molecular formula is C17H10ClN3O3. The maximum atomic E-state index is 12.4. The molecule has 7 heteroatoms. The van der Waals surface area contributed by atoms with Crippen molar-refractivity contribution in [3.8, 4) is 0 Å². The molecule has 0 radical (unpaired) electrons. The van der Waals surface area contributed by atoms with Crippen molar-refractivity contribution in [2.45, 2.75) is 0 Å². The highest BCUT2D eigenvalue weighted by atomic mass is 35.5. The number of halogens is 1. The SMILES string of the molecule is O=C(On1[nH]c2c(cnc3c(Cl)cccc32)c1=O)c1ccccc1. The first-order valence-electron chi connectivity index (χ1n) is 7.11. The fourth-order valence-corrected chi connectivity index (χ4v) is 2.73. The Morgan fingerprint density at radius 1 is 1.08 bits per heavy atom. The second kappa shape index (κ2) is 5.50. The Hall–Kier alpha value is -3.12. The number of nitrogens with one attached hydrogen (secondary N) is 1. The van der Waals surface area contributed by atoms with Crippen LogP contribution in [0.15, 0.2) is 59.5 Å². The van der Waals surface area contributed by atoms with Crippen molar-refractivity contribution >= 4 is 39.4 Å². The Morgan fingerprint density at radius 2 is 1.88 bits per heavy atom. The number of H-pyrrole nitrogens is 1. The van der Waals surface area contributed by atoms with E-state index >= 15 is 0 Å². The maximum Gasteiger partial charge on any atom is 0.365 e. The standard InChI is InChI=1S/C17H10ClN3O3/c18-13-8-4-7-11-14-12(9-19-15(11)13)16(22)21(20-14)24-17(23)10-5-2-1-3-6-10/h1-9,20H. The molecule has 0 spiro atoms. The lowest BCUT2D eigenvalue weighted by Gasteiger charge is -2.02. The number of aromatic nitrogens is 3. The van der Waals surface area contributed by atoms with Gasteiger partial charge in [0.1, 0.15) is 0 Å². The lowest BCUT2D eigenvalue weighted by Crippen LogP contribution is -2.29. The van der Waals surface area contributed by atoms with E-state index in [4.69, 9.17) is 16.4 Å². The number of carbonyl (C=O) groups excluding carboxylic acids is 1. The van der Waals surface area contributed by atoms with E-state index in [1.165, 1.54) is 6.20 Å². The molecule has 118 valence electrons. The Morgan fingerprint density at radius 3 is 2.67 bits per heavy atom. The molecule has 2 aromatic carbocycles. The third-order valence-corrected chi connectivity index (χ3v) is 3.97. The van der Waals surface area contributed by atoms with E-state index in [9.17, 15) is 9.59 Å². The summed E-state index contributed by atoms with van der Waals surface area (Å²) < 4.78 is 0. The molecule has 0 bridgehead atoms. The van der Waals surface area contributed by atoms with Crippen LogP contribution in [0.2, 0.25) is 5.02 Å². The molecule has 1 N–H and O–H groups in total. The average molecular weight is 340 g/mol. The Kier molecular flexibility index (Phi) is 3.32. The number of aromatic amines is 1. The molecule has 0 saturated heterocycles. The van der Waals surface area contributed by atoms with Crippen LogP contribution in [-0.2, 0) is 0 Å². The molecule has 0 aliphatic rings. The Labute approximate surface area is 140 Å². The van der Waals surface area contributed by atoms with Crippen molar-refractivity contribution in [1.29, 1.82) is 0 Å². The van der Waals surface area contributed by atoms with Gasteiger partial charge in [-0.3, -0.25) is 14.9 Å². The smallest absolute Gasteiger partial charge is 0.312 e. The van der Waals surface area contributed by atoms with Gasteiger partial charge in [-0.25, -0.2) is 4.79 Å². The van der Waals surface area contributed by atoms with E-state index in [1.807, 2.05) is 0 Å². The van der Waals surface area contributed by atoms with Gasteiger partial charge in [-0.15, -0.1) is 0 Å². The number of carbonyl (C=O) groups is 1. The van der Waals surface area contributed by atoms with Crippen molar-refractivity contribution in [3.63, 3.8) is 0 Å². The highest BCUT2D eigenvalue weighted by molar-refractivity contribution is 6.35. The summed E-state index contributed by atoms with van der Waals surface area (Å²) >= 11 is 6.12. The normalized spacial score (nSPS) is 11.0. The summed E-state index contributed by atoms with van der Waals surface area (Å²) in [5.74, 6) is -0.639. The van der Waals surface area contributed by atoms with E-state index in [1.54, 1.807) is 48.5 Å². The van der Waals surface area contributed by atoms with Crippen LogP contribution in [-0.4, -0.2) is 20.9 Å². The van der Waals surface area contributed by atoms with Gasteiger partial charge in [0.15, 0.2) is 0 Å². The minimum Gasteiger partial charge on any atom is -0.312 e. The lowest BCUT2D eigenvalue weighted by atomic mass is 10.2. The van der Waals surface area contributed by atoms with Crippen LogP contribution in [0.4, 0.5) is 0 Å². The summed E-state index contributed by atoms with van der Waals surface area (Å²) in [6, 6.07) is 13.7.